The molecule has 1 fully saturated rings. The summed E-state index contributed by atoms with van der Waals surface area (Å²) >= 11 is 0. The van der Waals surface area contributed by atoms with Gasteiger partial charge in [0.05, 0.1) is 5.41 Å². The molecule has 21 heavy (non-hydrogen) atoms. The Hall–Kier alpha value is -1.60. The topological polar surface area (TPSA) is 76.2 Å². The van der Waals surface area contributed by atoms with Crippen molar-refractivity contribution in [1.82, 2.24) is 10.1 Å². The summed E-state index contributed by atoms with van der Waals surface area (Å²) in [5.74, 6) is -1.43. The monoisotopic (exact) mass is 306 g/mol. The fourth-order valence-electron chi connectivity index (χ4n) is 2.77. The van der Waals surface area contributed by atoms with Crippen LogP contribution in [0.2, 0.25) is 0 Å². The second kappa shape index (κ2) is 6.03. The Balaban J connectivity index is 2.12. The van der Waals surface area contributed by atoms with Crippen LogP contribution in [0.1, 0.15) is 50.2 Å². The molecular weight excluding hydrogens is 289 g/mol. The zero-order valence-corrected chi connectivity index (χ0v) is 11.4. The van der Waals surface area contributed by atoms with E-state index in [2.05, 4.69) is 10.1 Å². The number of aromatic nitrogens is 2. The third kappa shape index (κ3) is 4.18. The van der Waals surface area contributed by atoms with Gasteiger partial charge in [-0.1, -0.05) is 30.8 Å². The molecule has 0 aromatic carbocycles. The van der Waals surface area contributed by atoms with E-state index >= 15 is 0 Å². The standard InChI is InChI=1S/C13H17F3N2O3/c14-13(15,16)7-9-17-10(21-18-9)8-12(11(19)20)5-3-1-2-4-6-12/h1-8H2,(H,19,20). The largest absolute Gasteiger partial charge is 0.481 e. The van der Waals surface area contributed by atoms with Gasteiger partial charge in [0.2, 0.25) is 5.89 Å². The van der Waals surface area contributed by atoms with E-state index in [1.807, 2.05) is 0 Å². The van der Waals surface area contributed by atoms with Crippen LogP contribution in [0.5, 0.6) is 0 Å². The van der Waals surface area contributed by atoms with Crippen LogP contribution in [0.25, 0.3) is 0 Å². The van der Waals surface area contributed by atoms with Gasteiger partial charge in [-0.15, -0.1) is 0 Å². The van der Waals surface area contributed by atoms with E-state index in [1.54, 1.807) is 0 Å². The van der Waals surface area contributed by atoms with Crippen molar-refractivity contribution in [2.45, 2.75) is 57.5 Å². The van der Waals surface area contributed by atoms with Gasteiger partial charge in [-0.25, -0.2) is 0 Å². The summed E-state index contributed by atoms with van der Waals surface area (Å²) in [6, 6.07) is 0. The number of carboxylic acid groups (broad SMARTS) is 1. The number of carboxylic acids is 1. The molecule has 1 saturated carbocycles. The van der Waals surface area contributed by atoms with Crippen molar-refractivity contribution >= 4 is 5.97 Å². The molecule has 118 valence electrons. The first-order valence-corrected chi connectivity index (χ1v) is 6.92. The quantitative estimate of drug-likeness (QED) is 0.865. The molecule has 1 aliphatic rings. The third-order valence-corrected chi connectivity index (χ3v) is 3.87. The summed E-state index contributed by atoms with van der Waals surface area (Å²) < 4.78 is 41.6. The van der Waals surface area contributed by atoms with Crippen molar-refractivity contribution in [3.05, 3.63) is 11.7 Å². The van der Waals surface area contributed by atoms with E-state index in [0.29, 0.717) is 12.8 Å². The maximum Gasteiger partial charge on any atom is 0.396 e. The smallest absolute Gasteiger partial charge is 0.396 e. The van der Waals surface area contributed by atoms with Gasteiger partial charge in [-0.2, -0.15) is 18.2 Å². The van der Waals surface area contributed by atoms with Gasteiger partial charge >= 0.3 is 12.1 Å². The number of hydrogen-bond donors (Lipinski definition) is 1. The van der Waals surface area contributed by atoms with E-state index in [9.17, 15) is 23.1 Å². The molecule has 0 radical (unpaired) electrons. The molecule has 0 atom stereocenters. The number of rotatable bonds is 4. The molecule has 0 bridgehead atoms. The Morgan fingerprint density at radius 1 is 1.24 bits per heavy atom. The number of carbonyl (C=O) groups is 1. The van der Waals surface area contributed by atoms with Crippen molar-refractivity contribution < 1.29 is 27.6 Å². The lowest BCUT2D eigenvalue weighted by Gasteiger charge is -2.26. The first-order valence-electron chi connectivity index (χ1n) is 6.92. The van der Waals surface area contributed by atoms with Gasteiger partial charge in [-0.05, 0) is 12.8 Å². The first-order chi connectivity index (χ1) is 9.81. The van der Waals surface area contributed by atoms with Crippen LogP contribution in [-0.4, -0.2) is 27.4 Å². The minimum absolute atomic E-state index is 0.00676. The van der Waals surface area contributed by atoms with Gasteiger partial charge in [0.25, 0.3) is 0 Å². The maximum atomic E-state index is 12.3. The number of halogens is 3. The number of aliphatic carboxylic acids is 1. The van der Waals surface area contributed by atoms with Gasteiger partial charge in [-0.3, -0.25) is 4.79 Å². The van der Waals surface area contributed by atoms with Crippen LogP contribution in [0.3, 0.4) is 0 Å². The molecule has 8 heteroatoms. The van der Waals surface area contributed by atoms with Crippen molar-refractivity contribution in [3.63, 3.8) is 0 Å². The summed E-state index contributed by atoms with van der Waals surface area (Å²) in [5, 5.41) is 12.8. The summed E-state index contributed by atoms with van der Waals surface area (Å²) in [6.45, 7) is 0. The Kier molecular flexibility index (Phi) is 4.53. The second-order valence-corrected chi connectivity index (χ2v) is 5.57. The van der Waals surface area contributed by atoms with Crippen LogP contribution in [0.4, 0.5) is 13.2 Å². The van der Waals surface area contributed by atoms with Crippen molar-refractivity contribution in [2.24, 2.45) is 5.41 Å². The van der Waals surface area contributed by atoms with Gasteiger partial charge in [0.1, 0.15) is 6.42 Å². The van der Waals surface area contributed by atoms with Crippen molar-refractivity contribution in [1.29, 1.82) is 0 Å². The predicted octanol–water partition coefficient (Wildman–Crippen LogP) is 3.14. The van der Waals surface area contributed by atoms with Gasteiger partial charge in [0, 0.05) is 6.42 Å². The molecule has 0 spiro atoms. The fourth-order valence-corrected chi connectivity index (χ4v) is 2.77. The maximum absolute atomic E-state index is 12.3. The SMILES string of the molecule is O=C(O)C1(Cc2nc(CC(F)(F)F)no2)CCCCCC1. The molecule has 0 aliphatic heterocycles. The lowest BCUT2D eigenvalue weighted by atomic mass is 9.77. The first kappa shape index (κ1) is 15.8. The average Bonchev–Trinajstić information content (AvgIpc) is 2.63. The van der Waals surface area contributed by atoms with E-state index < -0.39 is 29.8 Å². The summed E-state index contributed by atoms with van der Waals surface area (Å²) in [5.41, 5.74) is -1.00. The summed E-state index contributed by atoms with van der Waals surface area (Å²) in [4.78, 5) is 15.3. The molecule has 5 nitrogen and oxygen atoms in total. The lowest BCUT2D eigenvalue weighted by Crippen LogP contribution is -2.33. The fraction of sp³-hybridized carbons (Fsp3) is 0.769. The Labute approximate surface area is 119 Å². The highest BCUT2D eigenvalue weighted by molar-refractivity contribution is 5.74. The minimum Gasteiger partial charge on any atom is -0.481 e. The molecule has 0 saturated heterocycles. The van der Waals surface area contributed by atoms with Crippen LogP contribution in [-0.2, 0) is 17.6 Å². The van der Waals surface area contributed by atoms with Crippen molar-refractivity contribution in [2.75, 3.05) is 0 Å². The summed E-state index contributed by atoms with van der Waals surface area (Å²) in [7, 11) is 0. The zero-order chi connectivity index (χ0) is 15.5. The highest BCUT2D eigenvalue weighted by Gasteiger charge is 2.41. The number of nitrogens with zero attached hydrogens (tertiary/aromatic N) is 2. The molecule has 0 unspecified atom stereocenters. The Bertz CT molecular complexity index is 491. The molecule has 1 aromatic heterocycles. The highest BCUT2D eigenvalue weighted by atomic mass is 19.4. The molecule has 0 amide bonds. The molecule has 1 aliphatic carbocycles. The minimum atomic E-state index is -4.41. The van der Waals surface area contributed by atoms with Gasteiger partial charge in [0.15, 0.2) is 5.82 Å². The lowest BCUT2D eigenvalue weighted by molar-refractivity contribution is -0.150. The van der Waals surface area contributed by atoms with Crippen LogP contribution in [0, 0.1) is 5.41 Å². The number of alkyl halides is 3. The Morgan fingerprint density at radius 2 is 1.86 bits per heavy atom. The molecule has 1 aromatic rings. The molecular formula is C13H17F3N2O3. The molecule has 2 rings (SSSR count). The summed E-state index contributed by atoms with van der Waals surface area (Å²) in [6.07, 6.45) is -1.20. The zero-order valence-electron chi connectivity index (χ0n) is 11.4. The van der Waals surface area contributed by atoms with Crippen LogP contribution < -0.4 is 0 Å². The van der Waals surface area contributed by atoms with Crippen LogP contribution in [0.15, 0.2) is 4.52 Å². The van der Waals surface area contributed by atoms with E-state index in [-0.39, 0.29) is 12.3 Å². The second-order valence-electron chi connectivity index (χ2n) is 5.57. The van der Waals surface area contributed by atoms with E-state index in [4.69, 9.17) is 4.52 Å². The third-order valence-electron chi connectivity index (χ3n) is 3.87. The highest BCUT2D eigenvalue weighted by Crippen LogP contribution is 2.38. The predicted molar refractivity (Wildman–Crippen MR) is 65.5 cm³/mol. The van der Waals surface area contributed by atoms with E-state index in [1.165, 1.54) is 0 Å². The van der Waals surface area contributed by atoms with E-state index in [0.717, 1.165) is 25.7 Å². The Morgan fingerprint density at radius 3 is 2.38 bits per heavy atom. The normalized spacial score (nSPS) is 19.2. The molecule has 1 N–H and O–H groups in total. The van der Waals surface area contributed by atoms with Crippen molar-refractivity contribution in [3.8, 4) is 0 Å². The average molecular weight is 306 g/mol. The van der Waals surface area contributed by atoms with Crippen LogP contribution >= 0.6 is 0 Å². The van der Waals surface area contributed by atoms with Gasteiger partial charge < -0.3 is 9.63 Å². The molecule has 1 heterocycles. The number of hydrogen-bond acceptors (Lipinski definition) is 4.